The van der Waals surface area contributed by atoms with Crippen molar-refractivity contribution in [2.24, 2.45) is 0 Å². The Balaban J connectivity index is 1.62. The second-order valence-electron chi connectivity index (χ2n) is 7.27. The SMILES string of the molecule is CCCOc1c(Cl)cc(/C=C/C(=O)N2CCN(c3ccc(O)cc3)CC2)cc1OCC. The highest BCUT2D eigenvalue weighted by Crippen LogP contribution is 2.37. The topological polar surface area (TPSA) is 62.2 Å². The number of halogens is 1. The Hall–Kier alpha value is -2.86. The lowest BCUT2D eigenvalue weighted by atomic mass is 10.1. The quantitative estimate of drug-likeness (QED) is 0.603. The number of piperazine rings is 1. The zero-order chi connectivity index (χ0) is 22.2. The molecule has 0 radical (unpaired) electrons. The van der Waals surface area contributed by atoms with Gasteiger partial charge in [-0.1, -0.05) is 18.5 Å². The number of anilines is 1. The van der Waals surface area contributed by atoms with Crippen molar-refractivity contribution >= 4 is 29.3 Å². The molecule has 0 aliphatic carbocycles. The van der Waals surface area contributed by atoms with Gasteiger partial charge in [-0.3, -0.25) is 4.79 Å². The summed E-state index contributed by atoms with van der Waals surface area (Å²) in [5.41, 5.74) is 1.83. The standard InChI is InChI=1S/C24H29ClN2O4/c1-3-15-31-24-21(25)16-18(17-22(24)30-4-2)5-10-23(29)27-13-11-26(12-14-27)19-6-8-20(28)9-7-19/h5-10,16-17,28H,3-4,11-15H2,1-2H3/b10-5+. The number of aromatic hydroxyl groups is 1. The van der Waals surface area contributed by atoms with Gasteiger partial charge in [0, 0.05) is 37.9 Å². The molecule has 1 heterocycles. The van der Waals surface area contributed by atoms with Gasteiger partial charge in [0.05, 0.1) is 18.2 Å². The molecule has 0 spiro atoms. The van der Waals surface area contributed by atoms with Crippen molar-refractivity contribution in [2.75, 3.05) is 44.3 Å². The van der Waals surface area contributed by atoms with Gasteiger partial charge in [-0.05, 0) is 61.4 Å². The number of hydrogen-bond donors (Lipinski definition) is 1. The monoisotopic (exact) mass is 444 g/mol. The summed E-state index contributed by atoms with van der Waals surface area (Å²) in [6.07, 6.45) is 4.20. The van der Waals surface area contributed by atoms with Gasteiger partial charge in [-0.15, -0.1) is 0 Å². The van der Waals surface area contributed by atoms with Crippen LogP contribution in [0.3, 0.4) is 0 Å². The Bertz CT molecular complexity index is 907. The van der Waals surface area contributed by atoms with Crippen LogP contribution in [0.25, 0.3) is 6.08 Å². The molecule has 1 N–H and O–H groups in total. The van der Waals surface area contributed by atoms with Crippen LogP contribution in [-0.4, -0.2) is 55.3 Å². The van der Waals surface area contributed by atoms with Crippen LogP contribution in [0.15, 0.2) is 42.5 Å². The minimum absolute atomic E-state index is 0.0363. The molecule has 31 heavy (non-hydrogen) atoms. The number of nitrogens with zero attached hydrogens (tertiary/aromatic N) is 2. The van der Waals surface area contributed by atoms with Crippen LogP contribution in [0.2, 0.25) is 5.02 Å². The number of phenolic OH excluding ortho intramolecular Hbond substituents is 1. The highest BCUT2D eigenvalue weighted by atomic mass is 35.5. The van der Waals surface area contributed by atoms with Gasteiger partial charge in [0.15, 0.2) is 11.5 Å². The first-order valence-electron chi connectivity index (χ1n) is 10.6. The first-order chi connectivity index (χ1) is 15.0. The lowest BCUT2D eigenvalue weighted by Gasteiger charge is -2.35. The summed E-state index contributed by atoms with van der Waals surface area (Å²) in [6, 6.07) is 10.8. The largest absolute Gasteiger partial charge is 0.508 e. The molecule has 3 rings (SSSR count). The smallest absolute Gasteiger partial charge is 0.246 e. The number of carbonyl (C=O) groups excluding carboxylic acids is 1. The van der Waals surface area contributed by atoms with E-state index in [0.29, 0.717) is 42.8 Å². The molecule has 1 aliphatic heterocycles. The molecule has 0 unspecified atom stereocenters. The van der Waals surface area contributed by atoms with Crippen LogP contribution in [0.4, 0.5) is 5.69 Å². The van der Waals surface area contributed by atoms with E-state index in [9.17, 15) is 9.90 Å². The Morgan fingerprint density at radius 1 is 1.10 bits per heavy atom. The minimum Gasteiger partial charge on any atom is -0.508 e. The average Bonchev–Trinajstić information content (AvgIpc) is 2.78. The molecule has 0 bridgehead atoms. The molecule has 0 saturated carbocycles. The highest BCUT2D eigenvalue weighted by Gasteiger charge is 2.20. The van der Waals surface area contributed by atoms with Gasteiger partial charge in [-0.2, -0.15) is 0 Å². The van der Waals surface area contributed by atoms with E-state index >= 15 is 0 Å². The number of carbonyl (C=O) groups is 1. The summed E-state index contributed by atoms with van der Waals surface area (Å²) < 4.78 is 11.4. The van der Waals surface area contributed by atoms with Crippen LogP contribution in [0.1, 0.15) is 25.8 Å². The van der Waals surface area contributed by atoms with E-state index in [-0.39, 0.29) is 11.7 Å². The summed E-state index contributed by atoms with van der Waals surface area (Å²) in [4.78, 5) is 16.7. The number of benzene rings is 2. The van der Waals surface area contributed by atoms with Crippen molar-refractivity contribution < 1.29 is 19.4 Å². The van der Waals surface area contributed by atoms with E-state index < -0.39 is 0 Å². The summed E-state index contributed by atoms with van der Waals surface area (Å²) in [6.45, 7) is 7.75. The van der Waals surface area contributed by atoms with Gasteiger partial charge in [0.2, 0.25) is 5.91 Å². The van der Waals surface area contributed by atoms with Crippen molar-refractivity contribution in [3.8, 4) is 17.2 Å². The molecule has 6 nitrogen and oxygen atoms in total. The Kier molecular flexibility index (Phi) is 8.06. The van der Waals surface area contributed by atoms with Gasteiger partial charge in [0.25, 0.3) is 0 Å². The van der Waals surface area contributed by atoms with Gasteiger partial charge in [0.1, 0.15) is 5.75 Å². The average molecular weight is 445 g/mol. The Morgan fingerprint density at radius 3 is 2.45 bits per heavy atom. The maximum absolute atomic E-state index is 12.7. The lowest BCUT2D eigenvalue weighted by molar-refractivity contribution is -0.126. The molecule has 1 amide bonds. The van der Waals surface area contributed by atoms with E-state index in [0.717, 1.165) is 30.8 Å². The van der Waals surface area contributed by atoms with Crippen molar-refractivity contribution in [3.63, 3.8) is 0 Å². The third-order valence-electron chi connectivity index (χ3n) is 5.01. The molecule has 0 aromatic heterocycles. The zero-order valence-corrected chi connectivity index (χ0v) is 18.8. The molecular weight excluding hydrogens is 416 g/mol. The highest BCUT2D eigenvalue weighted by molar-refractivity contribution is 6.32. The van der Waals surface area contributed by atoms with E-state index in [4.69, 9.17) is 21.1 Å². The van der Waals surface area contributed by atoms with Crippen LogP contribution in [0.5, 0.6) is 17.2 Å². The van der Waals surface area contributed by atoms with E-state index in [1.807, 2.05) is 36.9 Å². The molecule has 1 saturated heterocycles. The third-order valence-corrected chi connectivity index (χ3v) is 5.29. The predicted octanol–water partition coefficient (Wildman–Crippen LogP) is 4.60. The minimum atomic E-state index is -0.0363. The molecule has 1 fully saturated rings. The first kappa shape index (κ1) is 22.8. The maximum Gasteiger partial charge on any atom is 0.246 e. The van der Waals surface area contributed by atoms with Crippen molar-refractivity contribution in [1.82, 2.24) is 4.90 Å². The van der Waals surface area contributed by atoms with Crippen LogP contribution in [-0.2, 0) is 4.79 Å². The predicted molar refractivity (Wildman–Crippen MR) is 124 cm³/mol. The lowest BCUT2D eigenvalue weighted by Crippen LogP contribution is -2.48. The van der Waals surface area contributed by atoms with Crippen molar-refractivity contribution in [3.05, 3.63) is 53.1 Å². The zero-order valence-electron chi connectivity index (χ0n) is 18.0. The van der Waals surface area contributed by atoms with E-state index in [1.165, 1.54) is 0 Å². The molecule has 2 aromatic carbocycles. The molecule has 1 aliphatic rings. The number of amides is 1. The second kappa shape index (κ2) is 11.0. The Morgan fingerprint density at radius 2 is 1.81 bits per heavy atom. The second-order valence-corrected chi connectivity index (χ2v) is 7.68. The fraction of sp³-hybridized carbons (Fsp3) is 0.375. The Labute approximate surface area is 188 Å². The van der Waals surface area contributed by atoms with Crippen molar-refractivity contribution in [2.45, 2.75) is 20.3 Å². The molecular formula is C24H29ClN2O4. The van der Waals surface area contributed by atoms with Gasteiger partial charge >= 0.3 is 0 Å². The first-order valence-corrected chi connectivity index (χ1v) is 11.0. The summed E-state index contributed by atoms with van der Waals surface area (Å²) in [5, 5.41) is 9.90. The molecule has 2 aromatic rings. The van der Waals surface area contributed by atoms with Crippen LogP contribution in [0, 0.1) is 0 Å². The fourth-order valence-electron chi connectivity index (χ4n) is 3.41. The van der Waals surface area contributed by atoms with Crippen molar-refractivity contribution in [1.29, 1.82) is 0 Å². The number of ether oxygens (including phenoxy) is 2. The molecule has 7 heteroatoms. The summed E-state index contributed by atoms with van der Waals surface area (Å²) >= 11 is 6.40. The number of hydrogen-bond acceptors (Lipinski definition) is 5. The molecule has 166 valence electrons. The number of phenols is 1. The normalized spacial score (nSPS) is 14.2. The van der Waals surface area contributed by atoms with Crippen LogP contribution >= 0.6 is 11.6 Å². The fourth-order valence-corrected chi connectivity index (χ4v) is 3.69. The summed E-state index contributed by atoms with van der Waals surface area (Å²) in [7, 11) is 0. The summed E-state index contributed by atoms with van der Waals surface area (Å²) in [5.74, 6) is 1.34. The number of rotatable bonds is 8. The van der Waals surface area contributed by atoms with Gasteiger partial charge in [-0.25, -0.2) is 0 Å². The van der Waals surface area contributed by atoms with E-state index in [1.54, 1.807) is 30.4 Å². The van der Waals surface area contributed by atoms with E-state index in [2.05, 4.69) is 4.90 Å². The van der Waals surface area contributed by atoms with Crippen LogP contribution < -0.4 is 14.4 Å². The maximum atomic E-state index is 12.7. The van der Waals surface area contributed by atoms with Gasteiger partial charge < -0.3 is 24.4 Å². The third kappa shape index (κ3) is 6.07. The molecule has 0 atom stereocenters.